The second-order valence-electron chi connectivity index (χ2n) is 3.81. The summed E-state index contributed by atoms with van der Waals surface area (Å²) in [6.45, 7) is 0.463. The zero-order valence-electron chi connectivity index (χ0n) is 10.3. The van der Waals surface area contributed by atoms with E-state index < -0.39 is 4.92 Å². The van der Waals surface area contributed by atoms with Gasteiger partial charge in [0.1, 0.15) is 11.4 Å². The van der Waals surface area contributed by atoms with Crippen molar-refractivity contribution >= 4 is 5.69 Å². The molecule has 0 unspecified atom stereocenters. The lowest BCUT2D eigenvalue weighted by Crippen LogP contribution is -2.02. The monoisotopic (exact) mass is 263 g/mol. The zero-order valence-corrected chi connectivity index (χ0v) is 10.3. The quantitative estimate of drug-likeness (QED) is 0.627. The molecule has 1 aromatic carbocycles. The van der Waals surface area contributed by atoms with Gasteiger partial charge in [-0.15, -0.1) is 5.10 Å². The van der Waals surface area contributed by atoms with Crippen molar-refractivity contribution in [2.45, 2.75) is 6.42 Å². The lowest BCUT2D eigenvalue weighted by Gasteiger charge is -2.07. The summed E-state index contributed by atoms with van der Waals surface area (Å²) in [6, 6.07) is 4.29. The molecule has 0 aliphatic rings. The maximum absolute atomic E-state index is 10.8. The number of hydrogen-bond acceptors (Lipinski definition) is 6. The van der Waals surface area contributed by atoms with Crippen LogP contribution in [0.25, 0.3) is 5.69 Å². The Balaban J connectivity index is 2.45. The van der Waals surface area contributed by atoms with Crippen molar-refractivity contribution in [1.29, 1.82) is 0 Å². The molecule has 2 rings (SSSR count). The first-order valence-corrected chi connectivity index (χ1v) is 5.60. The Labute approximate surface area is 108 Å². The highest BCUT2D eigenvalue weighted by Gasteiger charge is 2.14. The van der Waals surface area contributed by atoms with E-state index in [1.807, 2.05) is 0 Å². The van der Waals surface area contributed by atoms with Crippen molar-refractivity contribution in [2.24, 2.45) is 5.73 Å². The van der Waals surface area contributed by atoms with E-state index in [0.717, 1.165) is 5.69 Å². The van der Waals surface area contributed by atoms with Gasteiger partial charge in [0, 0.05) is 18.6 Å². The molecule has 8 nitrogen and oxygen atoms in total. The Bertz CT molecular complexity index is 596. The van der Waals surface area contributed by atoms with Gasteiger partial charge in [-0.25, -0.2) is 4.68 Å². The third-order valence-corrected chi connectivity index (χ3v) is 2.56. The minimum atomic E-state index is -0.472. The number of ether oxygens (including phenoxy) is 1. The van der Waals surface area contributed by atoms with Crippen LogP contribution >= 0.6 is 0 Å². The van der Waals surface area contributed by atoms with Crippen LogP contribution in [0.15, 0.2) is 24.4 Å². The van der Waals surface area contributed by atoms with Crippen LogP contribution < -0.4 is 10.5 Å². The fraction of sp³-hybridized carbons (Fsp3) is 0.273. The number of nitro groups is 1. The molecule has 0 radical (unpaired) electrons. The molecule has 0 amide bonds. The summed E-state index contributed by atoms with van der Waals surface area (Å²) in [7, 11) is 1.49. The molecule has 0 aliphatic heterocycles. The Morgan fingerprint density at radius 1 is 1.53 bits per heavy atom. The largest absolute Gasteiger partial charge is 0.494 e. The Kier molecular flexibility index (Phi) is 3.71. The Hall–Kier alpha value is -2.48. The third-order valence-electron chi connectivity index (χ3n) is 2.56. The van der Waals surface area contributed by atoms with Crippen molar-refractivity contribution in [2.75, 3.05) is 13.7 Å². The van der Waals surface area contributed by atoms with Gasteiger partial charge in [-0.2, -0.15) is 0 Å². The lowest BCUT2D eigenvalue weighted by molar-refractivity contribution is -0.384. The lowest BCUT2D eigenvalue weighted by atomic mass is 10.2. The van der Waals surface area contributed by atoms with Gasteiger partial charge < -0.3 is 10.5 Å². The standard InChI is InChI=1S/C11H13N5O3/c1-19-11-3-2-9(16(17)18)6-10(11)15-7-8(4-5-12)13-14-15/h2-3,6-7H,4-5,12H2,1H3. The molecule has 8 heteroatoms. The van der Waals surface area contributed by atoms with E-state index in [1.54, 1.807) is 6.20 Å². The third kappa shape index (κ3) is 2.68. The molecule has 0 atom stereocenters. The van der Waals surface area contributed by atoms with Crippen LogP contribution in [0.4, 0.5) is 5.69 Å². The molecule has 0 saturated heterocycles. The maximum atomic E-state index is 10.8. The number of nitro benzene ring substituents is 1. The second-order valence-corrected chi connectivity index (χ2v) is 3.81. The highest BCUT2D eigenvalue weighted by Crippen LogP contribution is 2.26. The minimum Gasteiger partial charge on any atom is -0.494 e. The molecule has 1 aromatic heterocycles. The predicted molar refractivity (Wildman–Crippen MR) is 67.3 cm³/mol. The molecule has 1 heterocycles. The predicted octanol–water partition coefficient (Wildman–Crippen LogP) is 0.685. The average molecular weight is 263 g/mol. The molecule has 0 spiro atoms. The summed E-state index contributed by atoms with van der Waals surface area (Å²) in [6.07, 6.45) is 2.27. The molecular formula is C11H13N5O3. The molecule has 0 aliphatic carbocycles. The number of nitrogens with two attached hydrogens (primary N) is 1. The van der Waals surface area contributed by atoms with Crippen molar-refractivity contribution in [1.82, 2.24) is 15.0 Å². The first-order valence-electron chi connectivity index (χ1n) is 5.60. The number of benzene rings is 1. The van der Waals surface area contributed by atoms with Gasteiger partial charge >= 0.3 is 0 Å². The number of methoxy groups -OCH3 is 1. The smallest absolute Gasteiger partial charge is 0.271 e. The topological polar surface area (TPSA) is 109 Å². The summed E-state index contributed by atoms with van der Waals surface area (Å²) in [4.78, 5) is 10.3. The minimum absolute atomic E-state index is 0.0355. The van der Waals surface area contributed by atoms with E-state index in [4.69, 9.17) is 10.5 Å². The number of non-ortho nitro benzene ring substituents is 1. The number of hydrogen-bond donors (Lipinski definition) is 1. The van der Waals surface area contributed by atoms with E-state index in [0.29, 0.717) is 24.4 Å². The fourth-order valence-electron chi connectivity index (χ4n) is 1.65. The van der Waals surface area contributed by atoms with Gasteiger partial charge in [0.15, 0.2) is 0 Å². The van der Waals surface area contributed by atoms with Crippen LogP contribution in [-0.4, -0.2) is 33.6 Å². The van der Waals surface area contributed by atoms with Crippen LogP contribution in [0.3, 0.4) is 0 Å². The summed E-state index contributed by atoms with van der Waals surface area (Å²) in [5.41, 5.74) is 6.59. The van der Waals surface area contributed by atoms with Crippen LogP contribution in [0.5, 0.6) is 5.75 Å². The maximum Gasteiger partial charge on any atom is 0.271 e. The highest BCUT2D eigenvalue weighted by molar-refractivity contribution is 5.53. The number of aromatic nitrogens is 3. The van der Waals surface area contributed by atoms with Crippen molar-refractivity contribution in [3.8, 4) is 11.4 Å². The van der Waals surface area contributed by atoms with Gasteiger partial charge in [-0.1, -0.05) is 5.21 Å². The SMILES string of the molecule is COc1ccc([N+](=O)[O-])cc1-n1cc(CCN)nn1. The number of nitrogens with zero attached hydrogens (tertiary/aromatic N) is 4. The fourth-order valence-corrected chi connectivity index (χ4v) is 1.65. The van der Waals surface area contributed by atoms with E-state index in [2.05, 4.69) is 10.3 Å². The number of rotatable bonds is 5. The first-order chi connectivity index (χ1) is 9.15. The average Bonchev–Trinajstić information content (AvgIpc) is 2.87. The van der Waals surface area contributed by atoms with E-state index in [1.165, 1.54) is 30.0 Å². The van der Waals surface area contributed by atoms with E-state index in [-0.39, 0.29) is 5.69 Å². The molecule has 2 aromatic rings. The first kappa shape index (κ1) is 13.0. The summed E-state index contributed by atoms with van der Waals surface area (Å²) in [5.74, 6) is 0.481. The molecule has 19 heavy (non-hydrogen) atoms. The molecule has 0 bridgehead atoms. The second kappa shape index (κ2) is 5.44. The molecule has 2 N–H and O–H groups in total. The summed E-state index contributed by atoms with van der Waals surface area (Å²) < 4.78 is 6.61. The summed E-state index contributed by atoms with van der Waals surface area (Å²) >= 11 is 0. The molecular weight excluding hydrogens is 250 g/mol. The van der Waals surface area contributed by atoms with Crippen LogP contribution in [0, 0.1) is 10.1 Å². The van der Waals surface area contributed by atoms with Gasteiger partial charge in [-0.05, 0) is 12.6 Å². The van der Waals surface area contributed by atoms with Crippen molar-refractivity contribution in [3.05, 3.63) is 40.2 Å². The summed E-state index contributed by atoms with van der Waals surface area (Å²) in [5, 5.41) is 18.7. The van der Waals surface area contributed by atoms with Gasteiger partial charge in [-0.3, -0.25) is 10.1 Å². The van der Waals surface area contributed by atoms with Crippen molar-refractivity contribution in [3.63, 3.8) is 0 Å². The molecule has 0 fully saturated rings. The normalized spacial score (nSPS) is 10.4. The van der Waals surface area contributed by atoms with E-state index >= 15 is 0 Å². The van der Waals surface area contributed by atoms with Gasteiger partial charge in [0.05, 0.1) is 23.9 Å². The molecule has 0 saturated carbocycles. The van der Waals surface area contributed by atoms with Gasteiger partial charge in [0.25, 0.3) is 5.69 Å². The molecule has 100 valence electrons. The van der Waals surface area contributed by atoms with Crippen molar-refractivity contribution < 1.29 is 9.66 Å². The van der Waals surface area contributed by atoms with Crippen LogP contribution in [0.2, 0.25) is 0 Å². The van der Waals surface area contributed by atoms with Crippen LogP contribution in [0.1, 0.15) is 5.69 Å². The highest BCUT2D eigenvalue weighted by atomic mass is 16.6. The van der Waals surface area contributed by atoms with Crippen LogP contribution in [-0.2, 0) is 6.42 Å². The Morgan fingerprint density at radius 2 is 2.32 bits per heavy atom. The van der Waals surface area contributed by atoms with Gasteiger partial charge in [0.2, 0.25) is 0 Å². The Morgan fingerprint density at radius 3 is 2.95 bits per heavy atom. The van der Waals surface area contributed by atoms with E-state index in [9.17, 15) is 10.1 Å². The zero-order chi connectivity index (χ0) is 13.8.